The summed E-state index contributed by atoms with van der Waals surface area (Å²) in [7, 11) is 0. The van der Waals surface area contributed by atoms with E-state index in [1.54, 1.807) is 13.1 Å². The predicted octanol–water partition coefficient (Wildman–Crippen LogP) is 7.98. The van der Waals surface area contributed by atoms with Crippen molar-refractivity contribution in [1.29, 1.82) is 5.26 Å². The first-order valence-corrected chi connectivity index (χ1v) is 15.2. The monoisotopic (exact) mass is 578 g/mol. The van der Waals surface area contributed by atoms with Crippen molar-refractivity contribution in [3.05, 3.63) is 52.0 Å². The number of benzene rings is 1. The van der Waals surface area contributed by atoms with Crippen molar-refractivity contribution in [2.75, 3.05) is 11.4 Å². The Morgan fingerprint density at radius 2 is 1.81 bits per heavy atom. The minimum absolute atomic E-state index is 0.0601. The topological polar surface area (TPSA) is 101 Å². The van der Waals surface area contributed by atoms with Gasteiger partial charge in [0.25, 0.3) is 0 Å². The average molecular weight is 579 g/mol. The van der Waals surface area contributed by atoms with Crippen LogP contribution < -0.4 is 10.6 Å². The number of anilines is 1. The second-order valence-corrected chi connectivity index (χ2v) is 10.3. The zero-order valence-electron chi connectivity index (χ0n) is 26.2. The van der Waals surface area contributed by atoms with Gasteiger partial charge in [-0.2, -0.15) is 5.26 Å². The summed E-state index contributed by atoms with van der Waals surface area (Å²) in [6.07, 6.45) is 7.02. The van der Waals surface area contributed by atoms with E-state index in [0.717, 1.165) is 44.0 Å². The van der Waals surface area contributed by atoms with Crippen LogP contribution >= 0.6 is 0 Å². The third kappa shape index (κ3) is 5.96. The lowest BCUT2D eigenvalue weighted by molar-refractivity contribution is 0.135. The zero-order valence-corrected chi connectivity index (χ0v) is 26.2. The number of rotatable bonds is 6. The summed E-state index contributed by atoms with van der Waals surface area (Å²) in [6, 6.07) is 2.35. The first-order valence-electron chi connectivity index (χ1n) is 15.2. The minimum atomic E-state index is -0.599. The van der Waals surface area contributed by atoms with Crippen LogP contribution in [0.15, 0.2) is 18.1 Å². The highest BCUT2D eigenvalue weighted by molar-refractivity contribution is 5.95. The molecule has 0 radical (unpaired) electrons. The number of nitriles is 1. The Hall–Kier alpha value is -3.64. The highest BCUT2D eigenvalue weighted by Crippen LogP contribution is 2.42. The molecule has 2 aliphatic heterocycles. The molecule has 5 rings (SSSR count). The molecule has 2 unspecified atom stereocenters. The molecule has 1 saturated heterocycles. The maximum Gasteiger partial charge on any atom is 0.226 e. The lowest BCUT2D eigenvalue weighted by Gasteiger charge is -2.24. The fraction of sp³-hybridized carbons (Fsp3) is 0.515. The Balaban J connectivity index is 0.00000116. The van der Waals surface area contributed by atoms with Gasteiger partial charge in [0.15, 0.2) is 5.82 Å². The summed E-state index contributed by atoms with van der Waals surface area (Å²) in [5.41, 5.74) is 8.49. The van der Waals surface area contributed by atoms with E-state index < -0.39 is 11.6 Å². The molecule has 2 aliphatic rings. The summed E-state index contributed by atoms with van der Waals surface area (Å²) >= 11 is 0. The molecule has 1 fully saturated rings. The number of pyridine rings is 1. The first-order chi connectivity index (χ1) is 20.3. The van der Waals surface area contributed by atoms with Crippen molar-refractivity contribution < 1.29 is 13.5 Å². The number of hydrogen-bond acceptors (Lipinski definition) is 7. The van der Waals surface area contributed by atoms with Crippen LogP contribution in [0.4, 0.5) is 14.7 Å². The van der Waals surface area contributed by atoms with Gasteiger partial charge in [-0.15, -0.1) is 0 Å². The average Bonchev–Trinajstić information content (AvgIpc) is 3.66. The predicted molar refractivity (Wildman–Crippen MR) is 165 cm³/mol. The number of nitrogens with two attached hydrogens (primary N) is 1. The Morgan fingerprint density at radius 1 is 1.12 bits per heavy atom. The number of allylic oxidation sites excluding steroid dienone is 2. The Bertz CT molecular complexity index is 1490. The number of nitrogens with zero attached hydrogens (tertiary/aromatic N) is 5. The van der Waals surface area contributed by atoms with Crippen LogP contribution in [0.3, 0.4) is 0 Å². The Kier molecular flexibility index (Phi) is 11.3. The molecule has 0 bridgehead atoms. The molecule has 42 heavy (non-hydrogen) atoms. The van der Waals surface area contributed by atoms with E-state index in [1.807, 2.05) is 27.7 Å². The molecule has 1 aromatic carbocycles. The molecule has 9 heteroatoms. The van der Waals surface area contributed by atoms with Crippen molar-refractivity contribution in [2.45, 2.75) is 100 Å². The maximum absolute atomic E-state index is 16.6. The van der Waals surface area contributed by atoms with Gasteiger partial charge < -0.3 is 15.4 Å². The Morgan fingerprint density at radius 3 is 2.43 bits per heavy atom. The van der Waals surface area contributed by atoms with Crippen LogP contribution in [0.25, 0.3) is 27.7 Å². The molecule has 0 saturated carbocycles. The number of ether oxygens (including phenoxy) is 1. The molecule has 4 heterocycles. The maximum atomic E-state index is 16.6. The van der Waals surface area contributed by atoms with Gasteiger partial charge in [-0.05, 0) is 55.7 Å². The second-order valence-electron chi connectivity index (χ2n) is 10.3. The quantitative estimate of drug-likeness (QED) is 0.296. The molecule has 226 valence electrons. The van der Waals surface area contributed by atoms with E-state index in [9.17, 15) is 9.65 Å². The molecule has 2 aromatic heterocycles. The highest BCUT2D eigenvalue weighted by atomic mass is 19.1. The number of aromatic nitrogens is 3. The molecule has 0 spiro atoms. The van der Waals surface area contributed by atoms with Crippen LogP contribution in [0.5, 0.6) is 0 Å². The minimum Gasteiger partial charge on any atom is -0.401 e. The fourth-order valence-electron chi connectivity index (χ4n) is 5.97. The molecule has 2 N–H and O–H groups in total. The van der Waals surface area contributed by atoms with Crippen LogP contribution in [-0.4, -0.2) is 27.5 Å². The summed E-state index contributed by atoms with van der Waals surface area (Å²) in [5, 5.41) is 10.4. The molecular formula is C33H44F2N6O. The van der Waals surface area contributed by atoms with Crippen LogP contribution in [0.1, 0.15) is 96.4 Å². The van der Waals surface area contributed by atoms with Gasteiger partial charge in [-0.1, -0.05) is 48.0 Å². The van der Waals surface area contributed by atoms with E-state index in [1.165, 1.54) is 6.92 Å². The summed E-state index contributed by atoms with van der Waals surface area (Å²) in [5.74, 6) is -0.122. The molecule has 7 nitrogen and oxygen atoms in total. The van der Waals surface area contributed by atoms with E-state index >= 15 is 4.39 Å². The van der Waals surface area contributed by atoms with E-state index in [2.05, 4.69) is 34.8 Å². The molecule has 3 aromatic rings. The van der Waals surface area contributed by atoms with E-state index in [-0.39, 0.29) is 52.4 Å². The van der Waals surface area contributed by atoms with Crippen molar-refractivity contribution in [3.8, 4) is 17.3 Å². The van der Waals surface area contributed by atoms with Gasteiger partial charge in [-0.25, -0.2) is 18.7 Å². The summed E-state index contributed by atoms with van der Waals surface area (Å²) < 4.78 is 37.0. The highest BCUT2D eigenvalue weighted by Gasteiger charge is 2.34. The molecule has 0 amide bonds. The van der Waals surface area contributed by atoms with E-state index in [4.69, 9.17) is 15.5 Å². The first kappa shape index (κ1) is 32.9. The third-order valence-corrected chi connectivity index (χ3v) is 7.88. The smallest absolute Gasteiger partial charge is 0.226 e. The normalized spacial score (nSPS) is 18.0. The SMILES string of the molecule is CC.CC.CCCC1CC(CC)N(c2ncc3c4c(c(-c5ncc(F)c(C)c5/C(C#N)=C(\C)N)c(F)c3n2)COC4)C1. The van der Waals surface area contributed by atoms with Gasteiger partial charge in [0.05, 0.1) is 30.7 Å². The van der Waals surface area contributed by atoms with Gasteiger partial charge in [0.2, 0.25) is 5.95 Å². The lowest BCUT2D eigenvalue weighted by Crippen LogP contribution is -2.30. The largest absolute Gasteiger partial charge is 0.401 e. The standard InChI is InChI=1S/C29H32F2N6O.2C2H6/c1-5-7-17-8-18(6-2)37(12-17)29-35-10-20-21-13-38-14-22(21)25(26(31)27(20)36-29)28-24(19(9-32)16(4)33)15(3)23(30)11-34-28;2*1-2/h10-11,17-18H,5-8,12-14,33H2,1-4H3;2*1-2H3/b19-16+;;. The second kappa shape index (κ2) is 14.5. The van der Waals surface area contributed by atoms with Crippen molar-refractivity contribution in [1.82, 2.24) is 15.0 Å². The lowest BCUT2D eigenvalue weighted by atomic mass is 9.89. The van der Waals surface area contributed by atoms with Crippen LogP contribution in [0, 0.1) is 35.8 Å². The van der Waals surface area contributed by atoms with Gasteiger partial charge in [0, 0.05) is 41.0 Å². The van der Waals surface area contributed by atoms with Gasteiger partial charge >= 0.3 is 0 Å². The number of halogens is 2. The summed E-state index contributed by atoms with van der Waals surface area (Å²) in [4.78, 5) is 15.9. The van der Waals surface area contributed by atoms with Gasteiger partial charge in [0.1, 0.15) is 17.4 Å². The van der Waals surface area contributed by atoms with Crippen molar-refractivity contribution in [2.24, 2.45) is 11.7 Å². The van der Waals surface area contributed by atoms with Crippen LogP contribution in [-0.2, 0) is 18.0 Å². The fourth-order valence-corrected chi connectivity index (χ4v) is 5.97. The van der Waals surface area contributed by atoms with Crippen molar-refractivity contribution >= 4 is 22.4 Å². The number of hydrogen-bond donors (Lipinski definition) is 1. The summed E-state index contributed by atoms with van der Waals surface area (Å²) in [6.45, 7) is 16.7. The van der Waals surface area contributed by atoms with Crippen molar-refractivity contribution in [3.63, 3.8) is 0 Å². The van der Waals surface area contributed by atoms with E-state index in [0.29, 0.717) is 28.9 Å². The number of fused-ring (bicyclic) bond motifs is 3. The zero-order chi connectivity index (χ0) is 31.1. The molecular weight excluding hydrogens is 534 g/mol. The third-order valence-electron chi connectivity index (χ3n) is 7.88. The van der Waals surface area contributed by atoms with Gasteiger partial charge in [-0.3, -0.25) is 4.98 Å². The van der Waals surface area contributed by atoms with Crippen LogP contribution in [0.2, 0.25) is 0 Å². The molecule has 0 aliphatic carbocycles. The Labute approximate surface area is 248 Å². The molecule has 2 atom stereocenters.